The SMILES string of the molecule is Cc1ccccc1NC1(CN)CCOC1C. The number of para-hydroxylation sites is 1. The minimum absolute atomic E-state index is 0.105. The minimum atomic E-state index is -0.105. The minimum Gasteiger partial charge on any atom is -0.376 e. The molecular formula is C13H20N2O. The van der Waals surface area contributed by atoms with Crippen LogP contribution >= 0.6 is 0 Å². The van der Waals surface area contributed by atoms with E-state index in [1.807, 2.05) is 12.1 Å². The number of anilines is 1. The number of aryl methyl sites for hydroxylation is 1. The molecule has 0 aliphatic carbocycles. The summed E-state index contributed by atoms with van der Waals surface area (Å²) in [6, 6.07) is 8.29. The Morgan fingerprint density at radius 1 is 1.50 bits per heavy atom. The van der Waals surface area contributed by atoms with Gasteiger partial charge in [0.25, 0.3) is 0 Å². The van der Waals surface area contributed by atoms with Crippen molar-refractivity contribution in [3.05, 3.63) is 29.8 Å². The van der Waals surface area contributed by atoms with Crippen LogP contribution in [0.3, 0.4) is 0 Å². The molecule has 88 valence electrons. The maximum atomic E-state index is 5.91. The van der Waals surface area contributed by atoms with Crippen molar-refractivity contribution >= 4 is 5.69 Å². The molecule has 1 aliphatic heterocycles. The van der Waals surface area contributed by atoms with E-state index in [-0.39, 0.29) is 11.6 Å². The molecule has 2 unspecified atom stereocenters. The molecule has 0 bridgehead atoms. The van der Waals surface area contributed by atoms with Crippen molar-refractivity contribution in [1.29, 1.82) is 0 Å². The van der Waals surface area contributed by atoms with E-state index in [2.05, 4.69) is 31.3 Å². The smallest absolute Gasteiger partial charge is 0.0789 e. The maximum Gasteiger partial charge on any atom is 0.0789 e. The van der Waals surface area contributed by atoms with Crippen molar-refractivity contribution in [3.63, 3.8) is 0 Å². The van der Waals surface area contributed by atoms with Crippen LogP contribution in [0.4, 0.5) is 5.69 Å². The molecule has 0 spiro atoms. The van der Waals surface area contributed by atoms with E-state index in [4.69, 9.17) is 10.5 Å². The average Bonchev–Trinajstić information content (AvgIpc) is 2.64. The molecule has 0 saturated carbocycles. The van der Waals surface area contributed by atoms with E-state index < -0.39 is 0 Å². The monoisotopic (exact) mass is 220 g/mol. The summed E-state index contributed by atoms with van der Waals surface area (Å²) in [6.07, 6.45) is 1.14. The predicted molar refractivity (Wildman–Crippen MR) is 66.6 cm³/mol. The summed E-state index contributed by atoms with van der Waals surface area (Å²) >= 11 is 0. The lowest BCUT2D eigenvalue weighted by Gasteiger charge is -2.33. The summed E-state index contributed by atoms with van der Waals surface area (Å²) < 4.78 is 5.63. The van der Waals surface area contributed by atoms with Crippen molar-refractivity contribution < 1.29 is 4.74 Å². The van der Waals surface area contributed by atoms with Crippen LogP contribution in [0.2, 0.25) is 0 Å². The highest BCUT2D eigenvalue weighted by molar-refractivity contribution is 5.52. The highest BCUT2D eigenvalue weighted by Crippen LogP contribution is 2.30. The van der Waals surface area contributed by atoms with Crippen molar-refractivity contribution in [2.75, 3.05) is 18.5 Å². The second-order valence-corrected chi connectivity index (χ2v) is 4.56. The zero-order chi connectivity index (χ0) is 11.6. The zero-order valence-electron chi connectivity index (χ0n) is 9.99. The molecule has 3 nitrogen and oxygen atoms in total. The quantitative estimate of drug-likeness (QED) is 0.818. The number of nitrogens with one attached hydrogen (secondary N) is 1. The van der Waals surface area contributed by atoms with Gasteiger partial charge in [-0.15, -0.1) is 0 Å². The second kappa shape index (κ2) is 4.44. The molecule has 2 atom stereocenters. The van der Waals surface area contributed by atoms with Crippen LogP contribution in [-0.2, 0) is 4.74 Å². The summed E-state index contributed by atoms with van der Waals surface area (Å²) in [5, 5.41) is 3.57. The van der Waals surface area contributed by atoms with Crippen LogP contribution in [0, 0.1) is 6.92 Å². The van der Waals surface area contributed by atoms with Crippen LogP contribution in [0.1, 0.15) is 18.9 Å². The standard InChI is InChI=1S/C13H20N2O/c1-10-5-3-4-6-12(10)15-13(9-14)7-8-16-11(13)2/h3-6,11,15H,7-9,14H2,1-2H3. The van der Waals surface area contributed by atoms with Gasteiger partial charge in [0.05, 0.1) is 11.6 Å². The summed E-state index contributed by atoms with van der Waals surface area (Å²) in [4.78, 5) is 0. The predicted octanol–water partition coefficient (Wildman–Crippen LogP) is 1.91. The largest absolute Gasteiger partial charge is 0.376 e. The number of rotatable bonds is 3. The van der Waals surface area contributed by atoms with Gasteiger partial charge in [0.15, 0.2) is 0 Å². The van der Waals surface area contributed by atoms with Gasteiger partial charge in [0.1, 0.15) is 0 Å². The van der Waals surface area contributed by atoms with Gasteiger partial charge in [-0.1, -0.05) is 18.2 Å². The van der Waals surface area contributed by atoms with Crippen LogP contribution in [0.15, 0.2) is 24.3 Å². The third-order valence-electron chi connectivity index (χ3n) is 3.59. The van der Waals surface area contributed by atoms with Gasteiger partial charge < -0.3 is 15.8 Å². The fourth-order valence-corrected chi connectivity index (χ4v) is 2.25. The Bertz CT molecular complexity index is 367. The lowest BCUT2D eigenvalue weighted by molar-refractivity contribution is 0.103. The Morgan fingerprint density at radius 3 is 2.81 bits per heavy atom. The fraction of sp³-hybridized carbons (Fsp3) is 0.538. The van der Waals surface area contributed by atoms with Gasteiger partial charge in [0, 0.05) is 18.8 Å². The molecule has 1 aliphatic rings. The third kappa shape index (κ3) is 1.93. The molecule has 16 heavy (non-hydrogen) atoms. The zero-order valence-corrected chi connectivity index (χ0v) is 9.99. The van der Waals surface area contributed by atoms with Gasteiger partial charge in [0.2, 0.25) is 0 Å². The van der Waals surface area contributed by atoms with Crippen molar-refractivity contribution in [1.82, 2.24) is 0 Å². The lowest BCUT2D eigenvalue weighted by atomic mass is 9.91. The Hall–Kier alpha value is -1.06. The molecule has 0 radical (unpaired) electrons. The third-order valence-corrected chi connectivity index (χ3v) is 3.59. The number of benzene rings is 1. The summed E-state index contributed by atoms with van der Waals surface area (Å²) in [5.74, 6) is 0. The van der Waals surface area contributed by atoms with E-state index in [0.29, 0.717) is 6.54 Å². The number of hydrogen-bond acceptors (Lipinski definition) is 3. The Balaban J connectivity index is 2.22. The Labute approximate surface area is 97.0 Å². The van der Waals surface area contributed by atoms with Crippen molar-refractivity contribution in [3.8, 4) is 0 Å². The summed E-state index contributed by atoms with van der Waals surface area (Å²) in [6.45, 7) is 5.58. The normalized spacial score (nSPS) is 29.3. The van der Waals surface area contributed by atoms with Crippen LogP contribution in [0.5, 0.6) is 0 Å². The molecule has 1 fully saturated rings. The van der Waals surface area contributed by atoms with Crippen molar-refractivity contribution in [2.45, 2.75) is 31.9 Å². The first-order valence-electron chi connectivity index (χ1n) is 5.83. The van der Waals surface area contributed by atoms with Crippen LogP contribution < -0.4 is 11.1 Å². The topological polar surface area (TPSA) is 47.3 Å². The van der Waals surface area contributed by atoms with Gasteiger partial charge in [-0.2, -0.15) is 0 Å². The van der Waals surface area contributed by atoms with E-state index in [1.54, 1.807) is 0 Å². The van der Waals surface area contributed by atoms with Gasteiger partial charge in [-0.05, 0) is 31.9 Å². The Kier molecular flexibility index (Phi) is 3.17. The number of ether oxygens (including phenoxy) is 1. The second-order valence-electron chi connectivity index (χ2n) is 4.56. The molecule has 3 heteroatoms. The van der Waals surface area contributed by atoms with Crippen LogP contribution in [0.25, 0.3) is 0 Å². The molecule has 1 aromatic carbocycles. The molecule has 1 heterocycles. The fourth-order valence-electron chi connectivity index (χ4n) is 2.25. The molecule has 1 saturated heterocycles. The van der Waals surface area contributed by atoms with Crippen LogP contribution in [-0.4, -0.2) is 24.8 Å². The Morgan fingerprint density at radius 2 is 2.25 bits per heavy atom. The maximum absolute atomic E-state index is 5.91. The van der Waals surface area contributed by atoms with E-state index >= 15 is 0 Å². The highest BCUT2D eigenvalue weighted by atomic mass is 16.5. The van der Waals surface area contributed by atoms with E-state index in [1.165, 1.54) is 5.56 Å². The number of nitrogens with two attached hydrogens (primary N) is 1. The van der Waals surface area contributed by atoms with E-state index in [0.717, 1.165) is 18.7 Å². The lowest BCUT2D eigenvalue weighted by Crippen LogP contribution is -2.50. The molecule has 2 rings (SSSR count). The summed E-state index contributed by atoms with van der Waals surface area (Å²) in [7, 11) is 0. The molecular weight excluding hydrogens is 200 g/mol. The molecule has 3 N–H and O–H groups in total. The first-order chi connectivity index (χ1) is 7.68. The molecule has 1 aromatic rings. The molecule has 0 amide bonds. The van der Waals surface area contributed by atoms with Crippen molar-refractivity contribution in [2.24, 2.45) is 5.73 Å². The first kappa shape index (κ1) is 11.4. The van der Waals surface area contributed by atoms with Gasteiger partial charge >= 0.3 is 0 Å². The van der Waals surface area contributed by atoms with E-state index in [9.17, 15) is 0 Å². The molecule has 0 aromatic heterocycles. The number of hydrogen-bond donors (Lipinski definition) is 2. The van der Waals surface area contributed by atoms with Gasteiger partial charge in [-0.25, -0.2) is 0 Å². The summed E-state index contributed by atoms with van der Waals surface area (Å²) in [5.41, 5.74) is 8.21. The average molecular weight is 220 g/mol. The van der Waals surface area contributed by atoms with Gasteiger partial charge in [-0.3, -0.25) is 0 Å². The highest BCUT2D eigenvalue weighted by Gasteiger charge is 2.40. The first-order valence-corrected chi connectivity index (χ1v) is 5.83.